The van der Waals surface area contributed by atoms with Crippen LogP contribution in [0.4, 0.5) is 5.82 Å². The van der Waals surface area contributed by atoms with E-state index in [1.54, 1.807) is 0 Å². The lowest BCUT2D eigenvalue weighted by molar-refractivity contribution is -0.119. The molecule has 16 heavy (non-hydrogen) atoms. The first kappa shape index (κ1) is 12.5. The summed E-state index contributed by atoms with van der Waals surface area (Å²) in [5, 5.41) is 2.66. The van der Waals surface area contributed by atoms with Gasteiger partial charge in [0.1, 0.15) is 11.1 Å². The number of nitrogens with zero attached hydrogens (tertiary/aromatic N) is 1. The number of primary amides is 1. The van der Waals surface area contributed by atoms with Crippen LogP contribution in [0.5, 0.6) is 0 Å². The molecule has 0 radical (unpaired) electrons. The molecule has 0 aliphatic carbocycles. The third-order valence-corrected chi connectivity index (χ3v) is 2.41. The standard InChI is InChI=1S/C9H13ClN4O2/c1-4(2)6(7(11)15)14-8-5(10)9(16)13-3-12-8/h3-4,6H,1-2H3,(H2,11,15)(H2,12,13,14,16). The van der Waals surface area contributed by atoms with Crippen LogP contribution in [0, 0.1) is 5.92 Å². The van der Waals surface area contributed by atoms with E-state index in [2.05, 4.69) is 15.3 Å². The highest BCUT2D eigenvalue weighted by Gasteiger charge is 2.21. The largest absolute Gasteiger partial charge is 0.368 e. The first-order valence-corrected chi connectivity index (χ1v) is 5.10. The fourth-order valence-electron chi connectivity index (χ4n) is 1.20. The lowest BCUT2D eigenvalue weighted by Crippen LogP contribution is -2.40. The van der Waals surface area contributed by atoms with E-state index in [-0.39, 0.29) is 16.8 Å². The number of rotatable bonds is 4. The van der Waals surface area contributed by atoms with E-state index in [0.29, 0.717) is 0 Å². The van der Waals surface area contributed by atoms with Gasteiger partial charge in [-0.2, -0.15) is 0 Å². The Hall–Kier alpha value is -1.56. The Labute approximate surface area is 97.2 Å². The van der Waals surface area contributed by atoms with Crippen molar-refractivity contribution in [2.75, 3.05) is 5.32 Å². The molecule has 0 aliphatic rings. The predicted molar refractivity (Wildman–Crippen MR) is 61.3 cm³/mol. The van der Waals surface area contributed by atoms with Crippen molar-refractivity contribution in [3.63, 3.8) is 0 Å². The summed E-state index contributed by atoms with van der Waals surface area (Å²) in [7, 11) is 0. The Morgan fingerprint density at radius 2 is 2.25 bits per heavy atom. The van der Waals surface area contributed by atoms with Gasteiger partial charge in [-0.3, -0.25) is 9.59 Å². The highest BCUT2D eigenvalue weighted by Crippen LogP contribution is 2.15. The highest BCUT2D eigenvalue weighted by molar-refractivity contribution is 6.32. The van der Waals surface area contributed by atoms with Crippen molar-refractivity contribution in [1.82, 2.24) is 9.97 Å². The van der Waals surface area contributed by atoms with Gasteiger partial charge >= 0.3 is 0 Å². The van der Waals surface area contributed by atoms with Crippen LogP contribution < -0.4 is 16.6 Å². The van der Waals surface area contributed by atoms with E-state index in [9.17, 15) is 9.59 Å². The predicted octanol–water partition coefficient (Wildman–Crippen LogP) is 0.345. The number of H-pyrrole nitrogens is 1. The molecule has 7 heteroatoms. The van der Waals surface area contributed by atoms with Crippen LogP contribution in [-0.4, -0.2) is 21.9 Å². The number of halogens is 1. The summed E-state index contributed by atoms with van der Waals surface area (Å²) in [4.78, 5) is 28.5. The molecule has 0 aliphatic heterocycles. The number of amides is 1. The number of nitrogens with one attached hydrogen (secondary N) is 2. The van der Waals surface area contributed by atoms with Gasteiger partial charge in [0.15, 0.2) is 5.82 Å². The van der Waals surface area contributed by atoms with E-state index >= 15 is 0 Å². The van der Waals surface area contributed by atoms with Crippen molar-refractivity contribution in [2.45, 2.75) is 19.9 Å². The maximum atomic E-state index is 11.2. The van der Waals surface area contributed by atoms with E-state index in [1.807, 2.05) is 13.8 Å². The Morgan fingerprint density at radius 3 is 2.75 bits per heavy atom. The second kappa shape index (κ2) is 4.98. The van der Waals surface area contributed by atoms with Gasteiger partial charge in [-0.05, 0) is 5.92 Å². The second-order valence-electron chi connectivity index (χ2n) is 3.66. The van der Waals surface area contributed by atoms with Crippen LogP contribution in [0.1, 0.15) is 13.8 Å². The van der Waals surface area contributed by atoms with Gasteiger partial charge < -0.3 is 16.0 Å². The number of nitrogens with two attached hydrogens (primary N) is 1. The van der Waals surface area contributed by atoms with Crippen molar-refractivity contribution in [1.29, 1.82) is 0 Å². The molecule has 1 amide bonds. The summed E-state index contributed by atoms with van der Waals surface area (Å²) in [6, 6.07) is -0.619. The molecule has 1 rings (SSSR count). The van der Waals surface area contributed by atoms with E-state index in [4.69, 9.17) is 17.3 Å². The first-order valence-electron chi connectivity index (χ1n) is 4.72. The van der Waals surface area contributed by atoms with Gasteiger partial charge in [0.25, 0.3) is 5.56 Å². The molecule has 0 saturated carbocycles. The van der Waals surface area contributed by atoms with Gasteiger partial charge in [-0.25, -0.2) is 4.98 Å². The topological polar surface area (TPSA) is 101 Å². The molecule has 6 nitrogen and oxygen atoms in total. The maximum Gasteiger partial charge on any atom is 0.271 e. The zero-order valence-corrected chi connectivity index (χ0v) is 9.71. The van der Waals surface area contributed by atoms with E-state index in [1.165, 1.54) is 6.33 Å². The molecule has 4 N–H and O–H groups in total. The quantitative estimate of drug-likeness (QED) is 0.711. The molecule has 0 aromatic carbocycles. The molecule has 1 aromatic heterocycles. The lowest BCUT2D eigenvalue weighted by atomic mass is 10.0. The minimum Gasteiger partial charge on any atom is -0.368 e. The van der Waals surface area contributed by atoms with Crippen LogP contribution in [0.25, 0.3) is 0 Å². The Balaban J connectivity index is 2.99. The molecule has 0 bridgehead atoms. The van der Waals surface area contributed by atoms with E-state index in [0.717, 1.165) is 0 Å². The fourth-order valence-corrected chi connectivity index (χ4v) is 1.36. The van der Waals surface area contributed by atoms with Crippen LogP contribution in [0.2, 0.25) is 5.02 Å². The average Bonchev–Trinajstić information content (AvgIpc) is 2.19. The molecule has 1 heterocycles. The molecule has 0 saturated heterocycles. The third-order valence-electron chi connectivity index (χ3n) is 2.06. The Bertz CT molecular complexity index is 443. The molecule has 0 spiro atoms. The zero-order valence-electron chi connectivity index (χ0n) is 8.95. The summed E-state index contributed by atoms with van der Waals surface area (Å²) >= 11 is 5.73. The molecule has 1 unspecified atom stereocenters. The lowest BCUT2D eigenvalue weighted by Gasteiger charge is -2.19. The average molecular weight is 245 g/mol. The molecule has 88 valence electrons. The maximum absolute atomic E-state index is 11.2. The zero-order chi connectivity index (χ0) is 12.3. The van der Waals surface area contributed by atoms with Crippen molar-refractivity contribution < 1.29 is 4.79 Å². The Morgan fingerprint density at radius 1 is 1.62 bits per heavy atom. The number of hydrogen-bond donors (Lipinski definition) is 3. The normalized spacial score (nSPS) is 12.5. The van der Waals surface area contributed by atoms with Crippen LogP contribution in [0.15, 0.2) is 11.1 Å². The number of aromatic amines is 1. The number of anilines is 1. The van der Waals surface area contributed by atoms with Crippen molar-refractivity contribution in [3.05, 3.63) is 21.7 Å². The van der Waals surface area contributed by atoms with Crippen LogP contribution in [-0.2, 0) is 4.79 Å². The summed E-state index contributed by atoms with van der Waals surface area (Å²) in [6.45, 7) is 3.65. The fraction of sp³-hybridized carbons (Fsp3) is 0.444. The van der Waals surface area contributed by atoms with Crippen LogP contribution in [0.3, 0.4) is 0 Å². The first-order chi connectivity index (χ1) is 7.43. The number of hydrogen-bond acceptors (Lipinski definition) is 4. The molecule has 1 aromatic rings. The SMILES string of the molecule is CC(C)C(Nc1nc[nH]c(=O)c1Cl)C(N)=O. The second-order valence-corrected chi connectivity index (χ2v) is 4.04. The minimum absolute atomic E-state index is 0.0327. The molecular formula is C9H13ClN4O2. The van der Waals surface area contributed by atoms with Crippen LogP contribution >= 0.6 is 11.6 Å². The summed E-state index contributed by atoms with van der Waals surface area (Å²) in [5.41, 5.74) is 4.75. The molecule has 1 atom stereocenters. The van der Waals surface area contributed by atoms with E-state index < -0.39 is 17.5 Å². The van der Waals surface area contributed by atoms with Crippen molar-refractivity contribution in [2.24, 2.45) is 11.7 Å². The minimum atomic E-state index is -0.619. The smallest absolute Gasteiger partial charge is 0.271 e. The van der Waals surface area contributed by atoms with Gasteiger partial charge in [-0.1, -0.05) is 25.4 Å². The van der Waals surface area contributed by atoms with Gasteiger partial charge in [0.2, 0.25) is 5.91 Å². The summed E-state index contributed by atoms with van der Waals surface area (Å²) < 4.78 is 0. The van der Waals surface area contributed by atoms with Crippen molar-refractivity contribution in [3.8, 4) is 0 Å². The molecule has 0 fully saturated rings. The highest BCUT2D eigenvalue weighted by atomic mass is 35.5. The number of aromatic nitrogens is 2. The monoisotopic (exact) mass is 244 g/mol. The summed E-state index contributed by atoms with van der Waals surface area (Å²) in [5.74, 6) is -0.397. The van der Waals surface area contributed by atoms with Gasteiger partial charge in [0.05, 0.1) is 6.33 Å². The molecular weight excluding hydrogens is 232 g/mol. The third kappa shape index (κ3) is 2.73. The number of carbonyl (C=O) groups excluding carboxylic acids is 1. The summed E-state index contributed by atoms with van der Waals surface area (Å²) in [6.07, 6.45) is 1.20. The van der Waals surface area contributed by atoms with Gasteiger partial charge in [0, 0.05) is 0 Å². The van der Waals surface area contributed by atoms with Crippen molar-refractivity contribution >= 4 is 23.3 Å². The van der Waals surface area contributed by atoms with Gasteiger partial charge in [-0.15, -0.1) is 0 Å². The Kier molecular flexibility index (Phi) is 3.89. The number of carbonyl (C=O) groups is 1.